The smallest absolute Gasteiger partial charge is 0.117 e. The Hall–Kier alpha value is -0.120. The zero-order chi connectivity index (χ0) is 11.6. The van der Waals surface area contributed by atoms with E-state index in [0.29, 0.717) is 6.04 Å². The highest BCUT2D eigenvalue weighted by Crippen LogP contribution is 2.28. The monoisotopic (exact) mass is 226 g/mol. The molecule has 2 aliphatic heterocycles. The molecule has 16 heavy (non-hydrogen) atoms. The van der Waals surface area contributed by atoms with Crippen molar-refractivity contribution in [3.63, 3.8) is 0 Å². The standard InChI is InChI=1S/C13H26N2O/c1-12(2)9-15-13(3,16-10-12)8-11-6-4-5-7-14-11/h11,14-15H,4-10H2,1-3H3. The maximum atomic E-state index is 6.03. The summed E-state index contributed by atoms with van der Waals surface area (Å²) in [5.41, 5.74) is 0.157. The maximum Gasteiger partial charge on any atom is 0.117 e. The molecule has 0 radical (unpaired) electrons. The van der Waals surface area contributed by atoms with E-state index in [0.717, 1.165) is 19.6 Å². The zero-order valence-electron chi connectivity index (χ0n) is 10.9. The average Bonchev–Trinajstić information content (AvgIpc) is 2.25. The predicted octanol–water partition coefficient (Wildman–Crippen LogP) is 1.88. The van der Waals surface area contributed by atoms with Gasteiger partial charge < -0.3 is 10.1 Å². The van der Waals surface area contributed by atoms with Crippen LogP contribution in [0.25, 0.3) is 0 Å². The molecule has 0 amide bonds. The van der Waals surface area contributed by atoms with Crippen LogP contribution in [0.3, 0.4) is 0 Å². The van der Waals surface area contributed by atoms with Gasteiger partial charge in [-0.15, -0.1) is 0 Å². The number of hydrogen-bond donors (Lipinski definition) is 2. The Balaban J connectivity index is 1.84. The van der Waals surface area contributed by atoms with Crippen molar-refractivity contribution in [2.24, 2.45) is 5.41 Å². The number of ether oxygens (including phenoxy) is 1. The lowest BCUT2D eigenvalue weighted by Gasteiger charge is -2.44. The van der Waals surface area contributed by atoms with Gasteiger partial charge in [0.1, 0.15) is 5.72 Å². The molecular weight excluding hydrogens is 200 g/mol. The molecule has 0 aromatic rings. The molecule has 0 aliphatic carbocycles. The molecule has 2 heterocycles. The summed E-state index contributed by atoms with van der Waals surface area (Å²) in [7, 11) is 0. The number of hydrogen-bond acceptors (Lipinski definition) is 3. The topological polar surface area (TPSA) is 33.3 Å². The molecule has 0 aromatic carbocycles. The van der Waals surface area contributed by atoms with Crippen LogP contribution in [0, 0.1) is 5.41 Å². The van der Waals surface area contributed by atoms with Gasteiger partial charge in [0.25, 0.3) is 0 Å². The zero-order valence-corrected chi connectivity index (χ0v) is 10.9. The van der Waals surface area contributed by atoms with Gasteiger partial charge in [-0.05, 0) is 26.3 Å². The molecule has 3 nitrogen and oxygen atoms in total. The Morgan fingerprint density at radius 2 is 2.06 bits per heavy atom. The van der Waals surface area contributed by atoms with Gasteiger partial charge in [-0.25, -0.2) is 0 Å². The molecule has 2 rings (SSSR count). The second-order valence-electron chi connectivity index (χ2n) is 6.39. The van der Waals surface area contributed by atoms with Crippen molar-refractivity contribution in [3.05, 3.63) is 0 Å². The van der Waals surface area contributed by atoms with Crippen molar-refractivity contribution in [1.82, 2.24) is 10.6 Å². The van der Waals surface area contributed by atoms with Crippen LogP contribution in [0.4, 0.5) is 0 Å². The predicted molar refractivity (Wildman–Crippen MR) is 66.4 cm³/mol. The fourth-order valence-corrected chi connectivity index (χ4v) is 2.58. The lowest BCUT2D eigenvalue weighted by molar-refractivity contribution is -0.134. The molecular formula is C13H26N2O. The minimum Gasteiger partial charge on any atom is -0.360 e. The SMILES string of the molecule is CC1(C)CNC(C)(CC2CCCCN2)OC1. The highest BCUT2D eigenvalue weighted by Gasteiger charge is 2.37. The van der Waals surface area contributed by atoms with Gasteiger partial charge in [0.05, 0.1) is 6.61 Å². The van der Waals surface area contributed by atoms with Crippen molar-refractivity contribution in [3.8, 4) is 0 Å². The van der Waals surface area contributed by atoms with E-state index in [4.69, 9.17) is 4.74 Å². The molecule has 0 aromatic heterocycles. The van der Waals surface area contributed by atoms with Crippen molar-refractivity contribution >= 4 is 0 Å². The Bertz CT molecular complexity index is 224. The quantitative estimate of drug-likeness (QED) is 0.754. The number of rotatable bonds is 2. The van der Waals surface area contributed by atoms with Gasteiger partial charge in [-0.1, -0.05) is 20.3 Å². The van der Waals surface area contributed by atoms with Crippen LogP contribution in [-0.2, 0) is 4.74 Å². The molecule has 0 spiro atoms. The summed E-state index contributed by atoms with van der Waals surface area (Å²) in [6.07, 6.45) is 5.07. The molecule has 0 bridgehead atoms. The third kappa shape index (κ3) is 3.19. The first-order valence-corrected chi connectivity index (χ1v) is 6.62. The Kier molecular flexibility index (Phi) is 3.57. The van der Waals surface area contributed by atoms with Crippen molar-refractivity contribution in [1.29, 1.82) is 0 Å². The van der Waals surface area contributed by atoms with E-state index in [1.165, 1.54) is 25.8 Å². The van der Waals surface area contributed by atoms with Gasteiger partial charge in [0, 0.05) is 24.4 Å². The summed E-state index contributed by atoms with van der Waals surface area (Å²) in [4.78, 5) is 0. The van der Waals surface area contributed by atoms with Gasteiger partial charge in [0.2, 0.25) is 0 Å². The first-order valence-electron chi connectivity index (χ1n) is 6.62. The van der Waals surface area contributed by atoms with Crippen LogP contribution < -0.4 is 10.6 Å². The average molecular weight is 226 g/mol. The molecule has 0 saturated carbocycles. The first kappa shape index (κ1) is 12.3. The summed E-state index contributed by atoms with van der Waals surface area (Å²) < 4.78 is 6.03. The van der Waals surface area contributed by atoms with Gasteiger partial charge in [-0.2, -0.15) is 0 Å². The van der Waals surface area contributed by atoms with E-state index in [-0.39, 0.29) is 11.1 Å². The third-order valence-electron chi connectivity index (χ3n) is 3.77. The highest BCUT2D eigenvalue weighted by atomic mass is 16.5. The fourth-order valence-electron chi connectivity index (χ4n) is 2.58. The summed E-state index contributed by atoms with van der Waals surface area (Å²) >= 11 is 0. The number of piperidine rings is 1. The summed E-state index contributed by atoms with van der Waals surface area (Å²) in [5, 5.41) is 7.16. The largest absolute Gasteiger partial charge is 0.360 e. The summed E-state index contributed by atoms with van der Waals surface area (Å²) in [6.45, 7) is 9.78. The van der Waals surface area contributed by atoms with Gasteiger partial charge in [0.15, 0.2) is 0 Å². The highest BCUT2D eigenvalue weighted by molar-refractivity contribution is 4.88. The van der Waals surface area contributed by atoms with Crippen molar-refractivity contribution in [2.75, 3.05) is 19.7 Å². The van der Waals surface area contributed by atoms with Crippen molar-refractivity contribution < 1.29 is 4.74 Å². The molecule has 3 heteroatoms. The van der Waals surface area contributed by atoms with Crippen LogP contribution in [0.1, 0.15) is 46.5 Å². The molecule has 2 N–H and O–H groups in total. The minimum atomic E-state index is -0.121. The maximum absolute atomic E-state index is 6.03. The Morgan fingerprint density at radius 1 is 1.25 bits per heavy atom. The fraction of sp³-hybridized carbons (Fsp3) is 1.00. The molecule has 2 atom stereocenters. The van der Waals surface area contributed by atoms with E-state index in [9.17, 15) is 0 Å². The lowest BCUT2D eigenvalue weighted by Crippen LogP contribution is -2.58. The van der Waals surface area contributed by atoms with Crippen LogP contribution in [0.15, 0.2) is 0 Å². The second kappa shape index (κ2) is 4.63. The molecule has 2 unspecified atom stereocenters. The number of nitrogens with one attached hydrogen (secondary N) is 2. The molecule has 2 saturated heterocycles. The Morgan fingerprint density at radius 3 is 2.62 bits per heavy atom. The summed E-state index contributed by atoms with van der Waals surface area (Å²) in [5.74, 6) is 0. The molecule has 94 valence electrons. The molecule has 2 aliphatic rings. The molecule has 2 fully saturated rings. The van der Waals surface area contributed by atoms with Crippen molar-refractivity contribution in [2.45, 2.75) is 58.2 Å². The minimum absolute atomic E-state index is 0.121. The third-order valence-corrected chi connectivity index (χ3v) is 3.77. The van der Waals surface area contributed by atoms with Gasteiger partial charge >= 0.3 is 0 Å². The second-order valence-corrected chi connectivity index (χ2v) is 6.39. The summed E-state index contributed by atoms with van der Waals surface area (Å²) in [6, 6.07) is 0.632. The lowest BCUT2D eigenvalue weighted by atomic mass is 9.89. The van der Waals surface area contributed by atoms with Gasteiger partial charge in [-0.3, -0.25) is 5.32 Å². The van der Waals surface area contributed by atoms with E-state index >= 15 is 0 Å². The van der Waals surface area contributed by atoms with Crippen LogP contribution in [0.5, 0.6) is 0 Å². The van der Waals surface area contributed by atoms with E-state index in [1.807, 2.05) is 0 Å². The van der Waals surface area contributed by atoms with E-state index in [1.54, 1.807) is 0 Å². The van der Waals surface area contributed by atoms with Crippen LogP contribution in [0.2, 0.25) is 0 Å². The Labute approximate surface area is 99.3 Å². The van der Waals surface area contributed by atoms with E-state index < -0.39 is 0 Å². The normalized spacial score (nSPS) is 39.6. The van der Waals surface area contributed by atoms with Crippen LogP contribution >= 0.6 is 0 Å². The van der Waals surface area contributed by atoms with E-state index in [2.05, 4.69) is 31.4 Å². The first-order chi connectivity index (χ1) is 7.49. The van der Waals surface area contributed by atoms with Crippen LogP contribution in [-0.4, -0.2) is 31.5 Å².